The van der Waals surface area contributed by atoms with E-state index in [1.165, 1.54) is 24.3 Å². The van der Waals surface area contributed by atoms with Crippen LogP contribution in [0.5, 0.6) is 0 Å². The third-order valence-electron chi connectivity index (χ3n) is 4.26. The molecule has 2 aromatic carbocycles. The summed E-state index contributed by atoms with van der Waals surface area (Å²) in [4.78, 5) is 2.16. The molecule has 0 unspecified atom stereocenters. The molecule has 0 spiro atoms. The Bertz CT molecular complexity index is 825. The number of hydrogen-bond acceptors (Lipinski definition) is 2. The van der Waals surface area contributed by atoms with E-state index in [2.05, 4.69) is 4.40 Å². The molecular weight excluding hydrogens is 339 g/mol. The third-order valence-corrected chi connectivity index (χ3v) is 5.54. The smallest absolute Gasteiger partial charge is 0.284 e. The molecule has 0 amide bonds. The molecule has 0 bridgehead atoms. The first kappa shape index (κ1) is 17.6. The van der Waals surface area contributed by atoms with Crippen molar-refractivity contribution in [1.82, 2.24) is 4.90 Å². The molecule has 25 heavy (non-hydrogen) atoms. The number of amidine groups is 1. The highest BCUT2D eigenvalue weighted by atomic mass is 32.2. The van der Waals surface area contributed by atoms with E-state index in [-0.39, 0.29) is 10.7 Å². The molecule has 2 aromatic rings. The van der Waals surface area contributed by atoms with Crippen LogP contribution in [-0.2, 0) is 10.0 Å². The monoisotopic (exact) mass is 360 g/mol. The number of nitrogens with zero attached hydrogens (tertiary/aromatic N) is 2. The third kappa shape index (κ3) is 4.45. The van der Waals surface area contributed by atoms with Gasteiger partial charge in [0.15, 0.2) is 0 Å². The van der Waals surface area contributed by atoms with Crippen LogP contribution in [0.15, 0.2) is 63.9 Å². The van der Waals surface area contributed by atoms with Gasteiger partial charge in [-0.05, 0) is 49.2 Å². The summed E-state index contributed by atoms with van der Waals surface area (Å²) in [5, 5.41) is 0. The SMILES string of the molecule is O=S(=O)(N=C(c1ccc(F)cc1)N1CCCCCC1)c1ccccc1. The molecular formula is C19H21FN2O2S. The number of halogens is 1. The van der Waals surface area contributed by atoms with Gasteiger partial charge < -0.3 is 4.90 Å². The second-order valence-corrected chi connectivity index (χ2v) is 7.72. The Labute approximate surface area is 148 Å². The highest BCUT2D eigenvalue weighted by Crippen LogP contribution is 2.19. The molecule has 0 radical (unpaired) electrons. The first-order valence-electron chi connectivity index (χ1n) is 8.47. The Morgan fingerprint density at radius 3 is 2.08 bits per heavy atom. The molecule has 1 aliphatic heterocycles. The maximum atomic E-state index is 13.3. The van der Waals surface area contributed by atoms with Gasteiger partial charge in [0.05, 0.1) is 4.90 Å². The highest BCUT2D eigenvalue weighted by Gasteiger charge is 2.21. The molecule has 1 fully saturated rings. The zero-order valence-corrected chi connectivity index (χ0v) is 14.8. The van der Waals surface area contributed by atoms with Crippen LogP contribution in [0.2, 0.25) is 0 Å². The molecule has 1 saturated heterocycles. The van der Waals surface area contributed by atoms with Gasteiger partial charge in [-0.2, -0.15) is 8.42 Å². The van der Waals surface area contributed by atoms with Crippen molar-refractivity contribution in [2.45, 2.75) is 30.6 Å². The van der Waals surface area contributed by atoms with E-state index >= 15 is 0 Å². The first-order valence-corrected chi connectivity index (χ1v) is 9.91. The van der Waals surface area contributed by atoms with Gasteiger partial charge in [-0.1, -0.05) is 31.0 Å². The van der Waals surface area contributed by atoms with Gasteiger partial charge in [-0.25, -0.2) is 4.39 Å². The van der Waals surface area contributed by atoms with E-state index in [1.54, 1.807) is 30.3 Å². The summed E-state index contributed by atoms with van der Waals surface area (Å²) in [5.41, 5.74) is 0.614. The summed E-state index contributed by atoms with van der Waals surface area (Å²) in [5.74, 6) is 0.0376. The molecule has 0 saturated carbocycles. The molecule has 0 aromatic heterocycles. The van der Waals surface area contributed by atoms with Gasteiger partial charge in [-0.3, -0.25) is 0 Å². The second kappa shape index (κ2) is 7.78. The van der Waals surface area contributed by atoms with Crippen LogP contribution < -0.4 is 0 Å². The van der Waals surface area contributed by atoms with Crippen molar-refractivity contribution in [2.24, 2.45) is 4.40 Å². The van der Waals surface area contributed by atoms with Gasteiger partial charge in [0.1, 0.15) is 11.7 Å². The van der Waals surface area contributed by atoms with Crippen molar-refractivity contribution in [1.29, 1.82) is 0 Å². The minimum Gasteiger partial charge on any atom is -0.355 e. The maximum absolute atomic E-state index is 13.3. The fraction of sp³-hybridized carbons (Fsp3) is 0.316. The Hall–Kier alpha value is -2.21. The molecule has 3 rings (SSSR count). The van der Waals surface area contributed by atoms with E-state index in [1.807, 2.05) is 4.90 Å². The van der Waals surface area contributed by atoms with Crippen LogP contribution in [0.1, 0.15) is 31.2 Å². The summed E-state index contributed by atoms with van der Waals surface area (Å²) in [6, 6.07) is 14.0. The summed E-state index contributed by atoms with van der Waals surface area (Å²) in [7, 11) is -3.83. The van der Waals surface area contributed by atoms with E-state index in [0.29, 0.717) is 11.4 Å². The number of sulfonamides is 1. The number of hydrogen-bond donors (Lipinski definition) is 0. The van der Waals surface area contributed by atoms with E-state index in [0.717, 1.165) is 38.8 Å². The summed E-state index contributed by atoms with van der Waals surface area (Å²) < 4.78 is 42.9. The minimum atomic E-state index is -3.83. The lowest BCUT2D eigenvalue weighted by Crippen LogP contribution is -2.33. The fourth-order valence-corrected chi connectivity index (χ4v) is 3.99. The number of benzene rings is 2. The topological polar surface area (TPSA) is 49.7 Å². The standard InChI is InChI=1S/C19H21FN2O2S/c20-17-12-10-16(11-13-17)19(22-14-6-1-2-7-15-22)21-25(23,24)18-8-4-3-5-9-18/h3-5,8-13H,1-2,6-7,14-15H2. The quantitative estimate of drug-likeness (QED) is 0.617. The molecule has 1 aliphatic rings. The normalized spacial score (nSPS) is 16.5. The van der Waals surface area contributed by atoms with Gasteiger partial charge in [0, 0.05) is 18.7 Å². The van der Waals surface area contributed by atoms with Crippen molar-refractivity contribution in [3.63, 3.8) is 0 Å². The van der Waals surface area contributed by atoms with Crippen molar-refractivity contribution < 1.29 is 12.8 Å². The van der Waals surface area contributed by atoms with E-state index in [9.17, 15) is 12.8 Å². The van der Waals surface area contributed by atoms with Crippen LogP contribution >= 0.6 is 0 Å². The lowest BCUT2D eigenvalue weighted by Gasteiger charge is -2.24. The second-order valence-electron chi connectivity index (χ2n) is 6.11. The molecule has 0 aliphatic carbocycles. The molecule has 0 atom stereocenters. The Kier molecular flexibility index (Phi) is 5.48. The largest absolute Gasteiger partial charge is 0.355 e. The number of likely N-dealkylation sites (tertiary alicyclic amines) is 1. The van der Waals surface area contributed by atoms with Crippen LogP contribution in [0, 0.1) is 5.82 Å². The van der Waals surface area contributed by atoms with Crippen LogP contribution in [0.3, 0.4) is 0 Å². The summed E-state index contributed by atoms with van der Waals surface area (Å²) >= 11 is 0. The van der Waals surface area contributed by atoms with Crippen LogP contribution in [0.25, 0.3) is 0 Å². The van der Waals surface area contributed by atoms with Gasteiger partial charge >= 0.3 is 0 Å². The zero-order valence-electron chi connectivity index (χ0n) is 13.9. The Morgan fingerprint density at radius 1 is 0.880 bits per heavy atom. The van der Waals surface area contributed by atoms with E-state index in [4.69, 9.17) is 0 Å². The molecule has 6 heteroatoms. The predicted molar refractivity (Wildman–Crippen MR) is 96.6 cm³/mol. The average Bonchev–Trinajstić information content (AvgIpc) is 2.91. The summed E-state index contributed by atoms with van der Waals surface area (Å²) in [6.45, 7) is 1.50. The summed E-state index contributed by atoms with van der Waals surface area (Å²) in [6.07, 6.45) is 4.23. The van der Waals surface area contributed by atoms with Crippen molar-refractivity contribution in [3.8, 4) is 0 Å². The highest BCUT2D eigenvalue weighted by molar-refractivity contribution is 7.90. The molecule has 0 N–H and O–H groups in total. The number of rotatable bonds is 3. The van der Waals surface area contributed by atoms with Gasteiger partial charge in [0.25, 0.3) is 10.0 Å². The van der Waals surface area contributed by atoms with Crippen LogP contribution in [-0.4, -0.2) is 32.2 Å². The minimum absolute atomic E-state index is 0.157. The fourth-order valence-electron chi connectivity index (χ4n) is 2.93. The first-order chi connectivity index (χ1) is 12.1. The van der Waals surface area contributed by atoms with E-state index < -0.39 is 10.0 Å². The van der Waals surface area contributed by atoms with Crippen LogP contribution in [0.4, 0.5) is 4.39 Å². The molecule has 1 heterocycles. The Morgan fingerprint density at radius 2 is 1.48 bits per heavy atom. The lowest BCUT2D eigenvalue weighted by atomic mass is 10.2. The lowest BCUT2D eigenvalue weighted by molar-refractivity contribution is 0.436. The molecule has 132 valence electrons. The zero-order chi connectivity index (χ0) is 17.7. The molecule has 4 nitrogen and oxygen atoms in total. The predicted octanol–water partition coefficient (Wildman–Crippen LogP) is 3.84. The Balaban J connectivity index is 2.05. The maximum Gasteiger partial charge on any atom is 0.284 e. The average molecular weight is 360 g/mol. The van der Waals surface area contributed by atoms with Crippen molar-refractivity contribution >= 4 is 15.9 Å². The van der Waals surface area contributed by atoms with Gasteiger partial charge in [0.2, 0.25) is 0 Å². The van der Waals surface area contributed by atoms with Crippen molar-refractivity contribution in [3.05, 3.63) is 66.0 Å². The van der Waals surface area contributed by atoms with Gasteiger partial charge in [-0.15, -0.1) is 4.40 Å². The van der Waals surface area contributed by atoms with Crippen molar-refractivity contribution in [2.75, 3.05) is 13.1 Å².